The highest BCUT2D eigenvalue weighted by Crippen LogP contribution is 2.51. The average molecular weight is 493 g/mol. The van der Waals surface area contributed by atoms with Crippen molar-refractivity contribution in [3.8, 4) is 0 Å². The van der Waals surface area contributed by atoms with Gasteiger partial charge in [-0.05, 0) is 49.6 Å². The molecule has 1 atom stereocenters. The number of nitrogens with zero attached hydrogens (tertiary/aromatic N) is 1. The Morgan fingerprint density at radius 3 is 1.69 bits per heavy atom. The van der Waals surface area contributed by atoms with Gasteiger partial charge in [0.25, 0.3) is 0 Å². The van der Waals surface area contributed by atoms with Crippen molar-refractivity contribution >= 4 is 27.4 Å². The molecule has 0 bridgehead atoms. The molecule has 36 heavy (non-hydrogen) atoms. The summed E-state index contributed by atoms with van der Waals surface area (Å²) in [5.74, 6) is 0. The molecule has 180 valence electrons. The second-order valence-electron chi connectivity index (χ2n) is 9.21. The molecule has 0 saturated heterocycles. The second kappa shape index (κ2) is 9.25. The standard InChI is InChI=1S/C31H28N2O2S/c1-22-9-15-25(16-10-22)29-30(26-17-11-23(2)12-18-26)32-21-33-31(29,27-7-5-4-6-8-27)36(34,35)28-19-13-24(3)14-20-28/h4-21H,1-3H3,(H,32,33). The first-order chi connectivity index (χ1) is 17.3. The Labute approximate surface area is 213 Å². The molecule has 5 heteroatoms. The van der Waals surface area contributed by atoms with Crippen molar-refractivity contribution in [2.24, 2.45) is 4.99 Å². The van der Waals surface area contributed by atoms with Crippen LogP contribution in [-0.2, 0) is 14.7 Å². The normalized spacial score (nSPS) is 17.6. The number of benzene rings is 4. The molecule has 0 amide bonds. The van der Waals surface area contributed by atoms with Crippen LogP contribution < -0.4 is 5.32 Å². The Bertz CT molecular complexity index is 1550. The van der Waals surface area contributed by atoms with Gasteiger partial charge in [-0.15, -0.1) is 0 Å². The van der Waals surface area contributed by atoms with E-state index in [-0.39, 0.29) is 4.90 Å². The lowest BCUT2D eigenvalue weighted by Gasteiger charge is -2.37. The third-order valence-electron chi connectivity index (χ3n) is 6.61. The van der Waals surface area contributed by atoms with Gasteiger partial charge in [0.1, 0.15) is 0 Å². The average Bonchev–Trinajstić information content (AvgIpc) is 2.90. The maximum absolute atomic E-state index is 14.7. The van der Waals surface area contributed by atoms with Gasteiger partial charge < -0.3 is 5.32 Å². The monoisotopic (exact) mass is 492 g/mol. The van der Waals surface area contributed by atoms with Crippen LogP contribution in [0.25, 0.3) is 11.3 Å². The van der Waals surface area contributed by atoms with Crippen LogP contribution in [0.2, 0.25) is 0 Å². The van der Waals surface area contributed by atoms with Crippen molar-refractivity contribution in [3.63, 3.8) is 0 Å². The lowest BCUT2D eigenvalue weighted by molar-refractivity contribution is 0.566. The van der Waals surface area contributed by atoms with E-state index in [9.17, 15) is 8.42 Å². The zero-order valence-corrected chi connectivity index (χ0v) is 21.4. The molecule has 1 aliphatic heterocycles. The molecule has 0 saturated carbocycles. The van der Waals surface area contributed by atoms with Gasteiger partial charge in [-0.2, -0.15) is 0 Å². The summed E-state index contributed by atoms with van der Waals surface area (Å²) < 4.78 is 29.5. The zero-order valence-electron chi connectivity index (χ0n) is 20.6. The van der Waals surface area contributed by atoms with Crippen molar-refractivity contribution in [1.82, 2.24) is 5.32 Å². The van der Waals surface area contributed by atoms with Crippen LogP contribution in [0.15, 0.2) is 113 Å². The van der Waals surface area contributed by atoms with E-state index < -0.39 is 14.7 Å². The predicted octanol–water partition coefficient (Wildman–Crippen LogP) is 6.44. The van der Waals surface area contributed by atoms with E-state index in [0.29, 0.717) is 16.8 Å². The quantitative estimate of drug-likeness (QED) is 0.349. The summed E-state index contributed by atoms with van der Waals surface area (Å²) in [4.78, 5) is 3.33. The van der Waals surface area contributed by atoms with Crippen molar-refractivity contribution in [2.45, 2.75) is 30.5 Å². The van der Waals surface area contributed by atoms with Gasteiger partial charge in [-0.3, -0.25) is 0 Å². The summed E-state index contributed by atoms with van der Waals surface area (Å²) in [5, 5.41) is 3.30. The summed E-state index contributed by atoms with van der Waals surface area (Å²) >= 11 is 0. The topological polar surface area (TPSA) is 58.5 Å². The van der Waals surface area contributed by atoms with E-state index >= 15 is 0 Å². The number of rotatable bonds is 5. The maximum Gasteiger partial charge on any atom is 0.220 e. The molecule has 0 aliphatic carbocycles. The minimum Gasteiger partial charge on any atom is -0.346 e. The minimum atomic E-state index is -4.05. The predicted molar refractivity (Wildman–Crippen MR) is 147 cm³/mol. The molecule has 0 fully saturated rings. The van der Waals surface area contributed by atoms with Gasteiger partial charge in [0.05, 0.1) is 16.9 Å². The van der Waals surface area contributed by atoms with Crippen molar-refractivity contribution in [3.05, 3.63) is 137 Å². The molecule has 5 rings (SSSR count). The van der Waals surface area contributed by atoms with Crippen LogP contribution >= 0.6 is 0 Å². The molecule has 1 heterocycles. The van der Waals surface area contributed by atoms with Gasteiger partial charge in [0, 0.05) is 5.57 Å². The number of hydrogen-bond donors (Lipinski definition) is 1. The first-order valence-corrected chi connectivity index (χ1v) is 13.4. The molecule has 4 aromatic rings. The van der Waals surface area contributed by atoms with Crippen LogP contribution in [0.1, 0.15) is 33.4 Å². The van der Waals surface area contributed by atoms with E-state index in [1.165, 1.54) is 6.34 Å². The lowest BCUT2D eigenvalue weighted by Crippen LogP contribution is -2.40. The van der Waals surface area contributed by atoms with E-state index in [1.807, 2.05) is 112 Å². The molecular weight excluding hydrogens is 464 g/mol. The lowest BCUT2D eigenvalue weighted by atomic mass is 9.87. The molecule has 1 aliphatic rings. The zero-order chi connectivity index (χ0) is 25.3. The van der Waals surface area contributed by atoms with E-state index in [4.69, 9.17) is 4.99 Å². The Hall–Kier alpha value is -3.96. The van der Waals surface area contributed by atoms with Gasteiger partial charge >= 0.3 is 0 Å². The number of sulfone groups is 1. The smallest absolute Gasteiger partial charge is 0.220 e. The summed E-state index contributed by atoms with van der Waals surface area (Å²) in [7, 11) is -4.05. The van der Waals surface area contributed by atoms with Crippen molar-refractivity contribution in [2.75, 3.05) is 0 Å². The number of aryl methyl sites for hydroxylation is 3. The summed E-state index contributed by atoms with van der Waals surface area (Å²) in [6.07, 6.45) is 1.52. The minimum absolute atomic E-state index is 0.226. The Morgan fingerprint density at radius 2 is 1.14 bits per heavy atom. The summed E-state index contributed by atoms with van der Waals surface area (Å²) in [6, 6.07) is 32.3. The Kier molecular flexibility index (Phi) is 6.10. The fraction of sp³-hybridized carbons (Fsp3) is 0.129. The van der Waals surface area contributed by atoms with Gasteiger partial charge in [0.2, 0.25) is 14.7 Å². The number of aliphatic imine (C=N–C) groups is 1. The maximum atomic E-state index is 14.7. The van der Waals surface area contributed by atoms with E-state index in [0.717, 1.165) is 27.8 Å². The SMILES string of the molecule is Cc1ccc(C2=C(c3ccc(C)cc3)C(c3ccccc3)(S(=O)(=O)c3ccc(C)cc3)N=CN2)cc1. The fourth-order valence-corrected chi connectivity index (χ4v) is 6.59. The molecule has 1 unspecified atom stereocenters. The van der Waals surface area contributed by atoms with Gasteiger partial charge in [-0.25, -0.2) is 13.4 Å². The Balaban J connectivity index is 1.91. The molecule has 0 radical (unpaired) electrons. The highest BCUT2D eigenvalue weighted by Gasteiger charge is 2.52. The first kappa shape index (κ1) is 23.8. The van der Waals surface area contributed by atoms with Crippen molar-refractivity contribution in [1.29, 1.82) is 0 Å². The van der Waals surface area contributed by atoms with E-state index in [1.54, 1.807) is 12.1 Å². The fourth-order valence-electron chi connectivity index (χ4n) is 4.63. The third-order valence-corrected chi connectivity index (χ3v) is 8.83. The molecule has 4 aromatic carbocycles. The van der Waals surface area contributed by atoms with Crippen LogP contribution in [0, 0.1) is 20.8 Å². The van der Waals surface area contributed by atoms with Crippen molar-refractivity contribution < 1.29 is 8.42 Å². The van der Waals surface area contributed by atoms with Crippen LogP contribution in [0.5, 0.6) is 0 Å². The van der Waals surface area contributed by atoms with Gasteiger partial charge in [0.15, 0.2) is 0 Å². The summed E-state index contributed by atoms with van der Waals surface area (Å²) in [5.41, 5.74) is 6.79. The molecule has 0 spiro atoms. The van der Waals surface area contributed by atoms with Crippen LogP contribution in [0.4, 0.5) is 0 Å². The van der Waals surface area contributed by atoms with Crippen LogP contribution in [0.3, 0.4) is 0 Å². The molecule has 4 nitrogen and oxygen atoms in total. The first-order valence-electron chi connectivity index (χ1n) is 11.9. The second-order valence-corrected chi connectivity index (χ2v) is 11.3. The van der Waals surface area contributed by atoms with Gasteiger partial charge in [-0.1, -0.05) is 108 Å². The highest BCUT2D eigenvalue weighted by molar-refractivity contribution is 7.93. The summed E-state index contributed by atoms with van der Waals surface area (Å²) in [6.45, 7) is 5.99. The largest absolute Gasteiger partial charge is 0.346 e. The van der Waals surface area contributed by atoms with E-state index in [2.05, 4.69) is 5.32 Å². The number of hydrogen-bond acceptors (Lipinski definition) is 4. The van der Waals surface area contributed by atoms with Crippen LogP contribution in [-0.4, -0.2) is 14.8 Å². The molecule has 0 aromatic heterocycles. The molecule has 1 N–H and O–H groups in total. The number of nitrogens with one attached hydrogen (secondary N) is 1. The molecular formula is C31H28N2O2S. The highest BCUT2D eigenvalue weighted by atomic mass is 32.2. The third kappa shape index (κ3) is 3.95. The Morgan fingerprint density at radius 1 is 0.639 bits per heavy atom.